The lowest BCUT2D eigenvalue weighted by molar-refractivity contribution is 0.0726. The maximum Gasteiger partial charge on any atom is 0.254 e. The molecule has 0 N–H and O–H groups in total. The number of aryl methyl sites for hydroxylation is 2. The second-order valence-electron chi connectivity index (χ2n) is 7.15. The van der Waals surface area contributed by atoms with Crippen molar-refractivity contribution in [2.24, 2.45) is 0 Å². The number of aromatic nitrogens is 1. The van der Waals surface area contributed by atoms with Crippen LogP contribution in [0.25, 0.3) is 11.3 Å². The van der Waals surface area contributed by atoms with Crippen LogP contribution in [0.4, 0.5) is 4.39 Å². The highest BCUT2D eigenvalue weighted by molar-refractivity contribution is 5.94. The molecule has 138 valence electrons. The fourth-order valence-electron chi connectivity index (χ4n) is 3.10. The summed E-state index contributed by atoms with van der Waals surface area (Å²) < 4.78 is 18.6. The normalized spacial score (nSPS) is 13.6. The Kier molecular flexibility index (Phi) is 4.52. The van der Waals surface area contributed by atoms with Crippen molar-refractivity contribution in [2.75, 3.05) is 0 Å². The number of hydrogen-bond donors (Lipinski definition) is 0. The van der Waals surface area contributed by atoms with Gasteiger partial charge in [-0.05, 0) is 68.1 Å². The maximum atomic E-state index is 13.1. The Balaban J connectivity index is 1.54. The van der Waals surface area contributed by atoms with Crippen molar-refractivity contribution in [3.05, 3.63) is 76.7 Å². The molecule has 27 heavy (non-hydrogen) atoms. The molecule has 1 heterocycles. The van der Waals surface area contributed by atoms with Crippen LogP contribution in [0, 0.1) is 19.7 Å². The first-order chi connectivity index (χ1) is 13.0. The fourth-order valence-corrected chi connectivity index (χ4v) is 3.10. The largest absolute Gasteiger partial charge is 0.356 e. The smallest absolute Gasteiger partial charge is 0.254 e. The van der Waals surface area contributed by atoms with Crippen molar-refractivity contribution in [2.45, 2.75) is 39.3 Å². The highest BCUT2D eigenvalue weighted by Gasteiger charge is 2.33. The van der Waals surface area contributed by atoms with E-state index < -0.39 is 0 Å². The third kappa shape index (κ3) is 3.77. The first-order valence-corrected chi connectivity index (χ1v) is 9.11. The van der Waals surface area contributed by atoms with Crippen molar-refractivity contribution in [1.82, 2.24) is 10.1 Å². The minimum Gasteiger partial charge on any atom is -0.356 e. The van der Waals surface area contributed by atoms with E-state index in [9.17, 15) is 9.18 Å². The number of amides is 1. The predicted octanol–water partition coefficient (Wildman–Crippen LogP) is 4.90. The van der Waals surface area contributed by atoms with Gasteiger partial charge in [0.15, 0.2) is 5.76 Å². The summed E-state index contributed by atoms with van der Waals surface area (Å²) in [6.45, 7) is 4.51. The Morgan fingerprint density at radius 3 is 2.52 bits per heavy atom. The topological polar surface area (TPSA) is 46.3 Å². The molecular weight excluding hydrogens is 343 g/mol. The minimum absolute atomic E-state index is 0.103. The molecule has 1 aromatic heterocycles. The molecule has 0 radical (unpaired) electrons. The average molecular weight is 364 g/mol. The maximum absolute atomic E-state index is 13.1. The van der Waals surface area contributed by atoms with Crippen LogP contribution in [-0.4, -0.2) is 22.0 Å². The minimum atomic E-state index is -0.348. The molecule has 4 nitrogen and oxygen atoms in total. The van der Waals surface area contributed by atoms with E-state index in [1.807, 2.05) is 12.1 Å². The SMILES string of the molecule is Cc1ccc(-c2cc(CN(C(=O)c3ccc(F)cc3)C3CC3)no2)cc1C. The van der Waals surface area contributed by atoms with Gasteiger partial charge in [0.25, 0.3) is 5.91 Å². The third-order valence-corrected chi connectivity index (χ3v) is 5.02. The van der Waals surface area contributed by atoms with Crippen molar-refractivity contribution in [3.8, 4) is 11.3 Å². The van der Waals surface area contributed by atoms with E-state index in [0.717, 1.165) is 18.4 Å². The number of halogens is 1. The summed E-state index contributed by atoms with van der Waals surface area (Å²) in [5, 5.41) is 4.16. The summed E-state index contributed by atoms with van der Waals surface area (Å²) in [5.74, 6) is 0.241. The van der Waals surface area contributed by atoms with Gasteiger partial charge in [-0.3, -0.25) is 4.79 Å². The molecule has 0 atom stereocenters. The highest BCUT2D eigenvalue weighted by atomic mass is 19.1. The molecule has 1 aliphatic rings. The summed E-state index contributed by atoms with van der Waals surface area (Å²) >= 11 is 0. The summed E-state index contributed by atoms with van der Waals surface area (Å²) in [4.78, 5) is 14.6. The Morgan fingerprint density at radius 1 is 1.11 bits per heavy atom. The Hall–Kier alpha value is -2.95. The lowest BCUT2D eigenvalue weighted by Gasteiger charge is -2.21. The van der Waals surface area contributed by atoms with E-state index in [1.165, 1.54) is 35.4 Å². The van der Waals surface area contributed by atoms with Crippen molar-refractivity contribution in [1.29, 1.82) is 0 Å². The second-order valence-corrected chi connectivity index (χ2v) is 7.15. The van der Waals surface area contributed by atoms with E-state index in [1.54, 1.807) is 4.90 Å². The zero-order valence-corrected chi connectivity index (χ0v) is 15.4. The van der Waals surface area contributed by atoms with Crippen LogP contribution >= 0.6 is 0 Å². The number of carbonyl (C=O) groups excluding carboxylic acids is 1. The first-order valence-electron chi connectivity index (χ1n) is 9.11. The number of hydrogen-bond acceptors (Lipinski definition) is 3. The fraction of sp³-hybridized carbons (Fsp3) is 0.273. The molecule has 5 heteroatoms. The van der Waals surface area contributed by atoms with E-state index in [0.29, 0.717) is 23.6 Å². The third-order valence-electron chi connectivity index (χ3n) is 5.02. The van der Waals surface area contributed by atoms with Gasteiger partial charge in [-0.1, -0.05) is 17.3 Å². The Bertz CT molecular complexity index is 974. The van der Waals surface area contributed by atoms with Gasteiger partial charge in [0.05, 0.1) is 6.54 Å². The molecule has 1 amide bonds. The van der Waals surface area contributed by atoms with Crippen LogP contribution in [0.3, 0.4) is 0 Å². The number of benzene rings is 2. The molecule has 2 aromatic carbocycles. The van der Waals surface area contributed by atoms with Crippen molar-refractivity contribution >= 4 is 5.91 Å². The van der Waals surface area contributed by atoms with Gasteiger partial charge >= 0.3 is 0 Å². The van der Waals surface area contributed by atoms with Crippen molar-refractivity contribution < 1.29 is 13.7 Å². The molecule has 0 aliphatic heterocycles. The molecule has 0 saturated heterocycles. The van der Waals surface area contributed by atoms with Crippen LogP contribution in [0.15, 0.2) is 53.1 Å². The van der Waals surface area contributed by atoms with Crippen LogP contribution in [0.2, 0.25) is 0 Å². The molecule has 1 fully saturated rings. The summed E-state index contributed by atoms with van der Waals surface area (Å²) in [7, 11) is 0. The first kappa shape index (κ1) is 17.5. The van der Waals surface area contributed by atoms with E-state index in [2.05, 4.69) is 31.1 Å². The molecular formula is C22H21FN2O2. The number of rotatable bonds is 5. The van der Waals surface area contributed by atoms with Gasteiger partial charge in [-0.15, -0.1) is 0 Å². The van der Waals surface area contributed by atoms with Crippen LogP contribution in [0.5, 0.6) is 0 Å². The average Bonchev–Trinajstić information content (AvgIpc) is 3.40. The Morgan fingerprint density at radius 2 is 1.85 bits per heavy atom. The highest BCUT2D eigenvalue weighted by Crippen LogP contribution is 2.31. The standard InChI is InChI=1S/C22H21FN2O2/c1-14-3-4-17(11-15(14)2)21-12-19(24-27-21)13-25(20-9-10-20)22(26)16-5-7-18(23)8-6-16/h3-8,11-12,20H,9-10,13H2,1-2H3. The monoisotopic (exact) mass is 364 g/mol. The number of nitrogens with zero attached hydrogens (tertiary/aromatic N) is 2. The van der Waals surface area contributed by atoms with E-state index in [-0.39, 0.29) is 17.8 Å². The van der Waals surface area contributed by atoms with Crippen LogP contribution in [-0.2, 0) is 6.54 Å². The van der Waals surface area contributed by atoms with Gasteiger partial charge in [0, 0.05) is 23.2 Å². The summed E-state index contributed by atoms with van der Waals surface area (Å²) in [5.41, 5.74) is 4.59. The van der Waals surface area contributed by atoms with Gasteiger partial charge in [-0.25, -0.2) is 4.39 Å². The lowest BCUT2D eigenvalue weighted by Crippen LogP contribution is -2.32. The zero-order valence-electron chi connectivity index (χ0n) is 15.4. The zero-order chi connectivity index (χ0) is 19.0. The molecule has 0 unspecified atom stereocenters. The second kappa shape index (κ2) is 6.99. The summed E-state index contributed by atoms with van der Waals surface area (Å²) in [6, 6.07) is 13.9. The van der Waals surface area contributed by atoms with Gasteiger partial charge in [-0.2, -0.15) is 0 Å². The van der Waals surface area contributed by atoms with Gasteiger partial charge in [0.1, 0.15) is 11.5 Å². The quantitative estimate of drug-likeness (QED) is 0.647. The lowest BCUT2D eigenvalue weighted by atomic mass is 10.0. The molecule has 3 aromatic rings. The van der Waals surface area contributed by atoms with E-state index >= 15 is 0 Å². The van der Waals surface area contributed by atoms with Crippen LogP contribution in [0.1, 0.15) is 40.0 Å². The molecule has 0 spiro atoms. The summed E-state index contributed by atoms with van der Waals surface area (Å²) in [6.07, 6.45) is 1.96. The molecule has 0 bridgehead atoms. The van der Waals surface area contributed by atoms with Crippen molar-refractivity contribution in [3.63, 3.8) is 0 Å². The van der Waals surface area contributed by atoms with E-state index in [4.69, 9.17) is 4.52 Å². The van der Waals surface area contributed by atoms with Gasteiger partial charge in [0.2, 0.25) is 0 Å². The molecule has 4 rings (SSSR count). The molecule has 1 saturated carbocycles. The molecule has 1 aliphatic carbocycles. The Labute approximate surface area is 157 Å². The van der Waals surface area contributed by atoms with Gasteiger partial charge < -0.3 is 9.42 Å². The predicted molar refractivity (Wildman–Crippen MR) is 101 cm³/mol. The number of carbonyl (C=O) groups is 1. The van der Waals surface area contributed by atoms with Crippen LogP contribution < -0.4 is 0 Å².